The molecule has 6 nitrogen and oxygen atoms in total. The summed E-state index contributed by atoms with van der Waals surface area (Å²) < 4.78 is 0. The van der Waals surface area contributed by atoms with Crippen LogP contribution in [0.5, 0.6) is 0 Å². The second kappa shape index (κ2) is 5.30. The highest BCUT2D eigenvalue weighted by atomic mass is 16.1. The van der Waals surface area contributed by atoms with Crippen molar-refractivity contribution < 1.29 is 4.79 Å². The molecule has 0 saturated heterocycles. The van der Waals surface area contributed by atoms with E-state index in [0.717, 1.165) is 0 Å². The first-order valence-corrected chi connectivity index (χ1v) is 6.21. The zero-order chi connectivity index (χ0) is 13.0. The summed E-state index contributed by atoms with van der Waals surface area (Å²) in [6, 6.07) is 3.23. The molecule has 1 heterocycles. The summed E-state index contributed by atoms with van der Waals surface area (Å²) in [6.07, 6.45) is 4.86. The summed E-state index contributed by atoms with van der Waals surface area (Å²) in [6.45, 7) is 2.91. The Bertz CT molecular complexity index is 411. The summed E-state index contributed by atoms with van der Waals surface area (Å²) >= 11 is 0. The van der Waals surface area contributed by atoms with Crippen LogP contribution in [0.1, 0.15) is 43.1 Å². The molecule has 1 saturated carbocycles. The maximum Gasteiger partial charge on any atom is 0.271 e. The van der Waals surface area contributed by atoms with Crippen LogP contribution in [0.25, 0.3) is 0 Å². The maximum absolute atomic E-state index is 11.9. The van der Waals surface area contributed by atoms with E-state index in [4.69, 9.17) is 5.84 Å². The van der Waals surface area contributed by atoms with Crippen molar-refractivity contribution >= 4 is 11.7 Å². The summed E-state index contributed by atoms with van der Waals surface area (Å²) in [5.41, 5.74) is 2.92. The Morgan fingerprint density at radius 2 is 2.11 bits per heavy atom. The van der Waals surface area contributed by atoms with Crippen LogP contribution in [-0.4, -0.2) is 22.6 Å². The Kier molecular flexibility index (Phi) is 3.76. The summed E-state index contributed by atoms with van der Waals surface area (Å²) in [5, 5.41) is 10.5. The van der Waals surface area contributed by atoms with Gasteiger partial charge in [0.2, 0.25) is 0 Å². The molecule has 0 bridgehead atoms. The number of rotatable bonds is 4. The minimum absolute atomic E-state index is 0.181. The van der Waals surface area contributed by atoms with Crippen LogP contribution in [0.2, 0.25) is 0 Å². The van der Waals surface area contributed by atoms with Gasteiger partial charge in [-0.15, -0.1) is 10.2 Å². The fourth-order valence-electron chi connectivity index (χ4n) is 2.32. The van der Waals surface area contributed by atoms with E-state index in [1.165, 1.54) is 25.7 Å². The number of aromatic nitrogens is 2. The average molecular weight is 249 g/mol. The third kappa shape index (κ3) is 2.95. The zero-order valence-electron chi connectivity index (χ0n) is 10.6. The van der Waals surface area contributed by atoms with E-state index in [0.29, 0.717) is 18.1 Å². The van der Waals surface area contributed by atoms with Gasteiger partial charge in [0, 0.05) is 6.54 Å². The maximum atomic E-state index is 11.9. The number of carbonyl (C=O) groups is 1. The van der Waals surface area contributed by atoms with Gasteiger partial charge in [0.1, 0.15) is 0 Å². The van der Waals surface area contributed by atoms with Crippen molar-refractivity contribution in [2.45, 2.75) is 32.6 Å². The standard InChI is InChI=1S/C12H19N5O/c1-12(6-2-3-7-12)8-14-11(18)9-4-5-10(15-13)17-16-9/h4-5H,2-3,6-8,13H2,1H3,(H,14,18)(H,15,17). The van der Waals surface area contributed by atoms with Crippen LogP contribution in [0.15, 0.2) is 12.1 Å². The van der Waals surface area contributed by atoms with Gasteiger partial charge in [-0.05, 0) is 30.4 Å². The molecule has 1 amide bonds. The smallest absolute Gasteiger partial charge is 0.271 e. The third-order valence-electron chi connectivity index (χ3n) is 3.53. The normalized spacial score (nSPS) is 17.4. The average Bonchev–Trinajstić information content (AvgIpc) is 2.83. The summed E-state index contributed by atoms with van der Waals surface area (Å²) in [5.74, 6) is 5.44. The van der Waals surface area contributed by atoms with Crippen LogP contribution >= 0.6 is 0 Å². The van der Waals surface area contributed by atoms with E-state index in [2.05, 4.69) is 27.9 Å². The predicted octanol–water partition coefficient (Wildman–Crippen LogP) is 1.07. The lowest BCUT2D eigenvalue weighted by molar-refractivity contribution is 0.0928. The molecule has 0 radical (unpaired) electrons. The van der Waals surface area contributed by atoms with Gasteiger partial charge in [0.05, 0.1) is 0 Å². The molecule has 2 rings (SSSR count). The molecule has 0 unspecified atom stereocenters. The van der Waals surface area contributed by atoms with E-state index < -0.39 is 0 Å². The molecule has 0 aliphatic heterocycles. The highest BCUT2D eigenvalue weighted by molar-refractivity contribution is 5.92. The molecule has 1 fully saturated rings. The van der Waals surface area contributed by atoms with Crippen LogP contribution in [0.3, 0.4) is 0 Å². The highest BCUT2D eigenvalue weighted by Gasteiger charge is 2.29. The first kappa shape index (κ1) is 12.8. The van der Waals surface area contributed by atoms with E-state index in [1.54, 1.807) is 12.1 Å². The number of carbonyl (C=O) groups excluding carboxylic acids is 1. The van der Waals surface area contributed by atoms with Gasteiger partial charge in [-0.1, -0.05) is 19.8 Å². The lowest BCUT2D eigenvalue weighted by atomic mass is 9.89. The molecule has 0 spiro atoms. The van der Waals surface area contributed by atoms with E-state index in [-0.39, 0.29) is 11.3 Å². The molecule has 0 aromatic carbocycles. The largest absolute Gasteiger partial charge is 0.350 e. The van der Waals surface area contributed by atoms with Gasteiger partial charge >= 0.3 is 0 Å². The van der Waals surface area contributed by atoms with Crippen LogP contribution in [-0.2, 0) is 0 Å². The van der Waals surface area contributed by atoms with Gasteiger partial charge in [-0.2, -0.15) is 0 Å². The molecular weight excluding hydrogens is 230 g/mol. The topological polar surface area (TPSA) is 92.9 Å². The van der Waals surface area contributed by atoms with Crippen molar-refractivity contribution in [1.82, 2.24) is 15.5 Å². The van der Waals surface area contributed by atoms with Gasteiger partial charge < -0.3 is 10.7 Å². The molecule has 18 heavy (non-hydrogen) atoms. The predicted molar refractivity (Wildman–Crippen MR) is 68.8 cm³/mol. The van der Waals surface area contributed by atoms with Crippen molar-refractivity contribution in [3.05, 3.63) is 17.8 Å². The number of hydrogen-bond donors (Lipinski definition) is 3. The Morgan fingerprint density at radius 1 is 1.39 bits per heavy atom. The fourth-order valence-corrected chi connectivity index (χ4v) is 2.32. The minimum Gasteiger partial charge on any atom is -0.350 e. The Hall–Kier alpha value is -1.69. The molecular formula is C12H19N5O. The number of nitrogen functional groups attached to an aromatic ring is 1. The van der Waals surface area contributed by atoms with E-state index >= 15 is 0 Å². The summed E-state index contributed by atoms with van der Waals surface area (Å²) in [4.78, 5) is 11.9. The summed E-state index contributed by atoms with van der Waals surface area (Å²) in [7, 11) is 0. The Balaban J connectivity index is 1.90. The van der Waals surface area contributed by atoms with Gasteiger partial charge in [0.15, 0.2) is 11.5 Å². The van der Waals surface area contributed by atoms with Gasteiger partial charge in [0.25, 0.3) is 5.91 Å². The van der Waals surface area contributed by atoms with E-state index in [1.807, 2.05) is 0 Å². The van der Waals surface area contributed by atoms with Crippen molar-refractivity contribution in [3.8, 4) is 0 Å². The second-order valence-corrected chi connectivity index (χ2v) is 5.15. The highest BCUT2D eigenvalue weighted by Crippen LogP contribution is 2.36. The lowest BCUT2D eigenvalue weighted by Crippen LogP contribution is -2.34. The van der Waals surface area contributed by atoms with Crippen molar-refractivity contribution in [2.75, 3.05) is 12.0 Å². The van der Waals surface area contributed by atoms with E-state index in [9.17, 15) is 4.79 Å². The van der Waals surface area contributed by atoms with Gasteiger partial charge in [-0.3, -0.25) is 4.79 Å². The number of amides is 1. The van der Waals surface area contributed by atoms with Crippen molar-refractivity contribution in [1.29, 1.82) is 0 Å². The van der Waals surface area contributed by atoms with Crippen LogP contribution in [0.4, 0.5) is 5.82 Å². The SMILES string of the molecule is CC1(CNC(=O)c2ccc(NN)nn2)CCCC1. The van der Waals surface area contributed by atoms with Crippen LogP contribution in [0, 0.1) is 5.41 Å². The monoisotopic (exact) mass is 249 g/mol. The molecule has 98 valence electrons. The lowest BCUT2D eigenvalue weighted by Gasteiger charge is -2.23. The van der Waals surface area contributed by atoms with Gasteiger partial charge in [-0.25, -0.2) is 5.84 Å². The quantitative estimate of drug-likeness (QED) is 0.548. The number of anilines is 1. The number of hydrazine groups is 1. The third-order valence-corrected chi connectivity index (χ3v) is 3.53. The van der Waals surface area contributed by atoms with Crippen molar-refractivity contribution in [2.24, 2.45) is 11.3 Å². The molecule has 4 N–H and O–H groups in total. The molecule has 1 aromatic rings. The number of nitrogens with zero attached hydrogens (tertiary/aromatic N) is 2. The minimum atomic E-state index is -0.181. The molecule has 1 aliphatic carbocycles. The zero-order valence-corrected chi connectivity index (χ0v) is 10.6. The Labute approximate surface area is 106 Å². The first-order chi connectivity index (χ1) is 8.63. The number of nitrogens with one attached hydrogen (secondary N) is 2. The molecule has 0 atom stereocenters. The molecule has 6 heteroatoms. The molecule has 1 aliphatic rings. The van der Waals surface area contributed by atoms with Crippen LogP contribution < -0.4 is 16.6 Å². The number of nitrogens with two attached hydrogens (primary N) is 1. The van der Waals surface area contributed by atoms with Crippen molar-refractivity contribution in [3.63, 3.8) is 0 Å². The fraction of sp³-hybridized carbons (Fsp3) is 0.583. The number of hydrogen-bond acceptors (Lipinski definition) is 5. The Morgan fingerprint density at radius 3 is 2.67 bits per heavy atom. The molecule has 1 aromatic heterocycles. The second-order valence-electron chi connectivity index (χ2n) is 5.15. The first-order valence-electron chi connectivity index (χ1n) is 6.21.